The maximum absolute atomic E-state index is 12.0. The molecule has 94 valence electrons. The Balaban J connectivity index is 2.62. The summed E-state index contributed by atoms with van der Waals surface area (Å²) in [6, 6.07) is -0.236. The van der Waals surface area contributed by atoms with Crippen molar-refractivity contribution in [2.24, 2.45) is 0 Å². The fourth-order valence-electron chi connectivity index (χ4n) is 1.60. The van der Waals surface area contributed by atoms with Gasteiger partial charge in [-0.15, -0.1) is 6.42 Å². The van der Waals surface area contributed by atoms with Gasteiger partial charge in [0, 0.05) is 13.1 Å². The smallest absolute Gasteiger partial charge is 0.334 e. The normalized spacial score (nSPS) is 19.5. The predicted octanol–water partition coefficient (Wildman–Crippen LogP) is -0.153. The van der Waals surface area contributed by atoms with Crippen molar-refractivity contribution < 1.29 is 19.4 Å². The van der Waals surface area contributed by atoms with Crippen LogP contribution >= 0.6 is 0 Å². The van der Waals surface area contributed by atoms with Crippen molar-refractivity contribution in [3.8, 4) is 12.3 Å². The third-order valence-corrected chi connectivity index (χ3v) is 2.55. The van der Waals surface area contributed by atoms with Gasteiger partial charge < -0.3 is 19.6 Å². The van der Waals surface area contributed by atoms with Crippen molar-refractivity contribution in [1.82, 2.24) is 9.80 Å². The van der Waals surface area contributed by atoms with Crippen molar-refractivity contribution in [1.29, 1.82) is 0 Å². The average Bonchev–Trinajstić information content (AvgIpc) is 2.35. The van der Waals surface area contributed by atoms with E-state index in [-0.39, 0.29) is 25.7 Å². The lowest BCUT2D eigenvalue weighted by Gasteiger charge is -2.34. The van der Waals surface area contributed by atoms with Crippen molar-refractivity contribution >= 4 is 12.0 Å². The molecule has 1 fully saturated rings. The van der Waals surface area contributed by atoms with E-state index in [2.05, 4.69) is 5.92 Å². The van der Waals surface area contributed by atoms with Crippen LogP contribution in [0.2, 0.25) is 0 Å². The quantitative estimate of drug-likeness (QED) is 0.696. The summed E-state index contributed by atoms with van der Waals surface area (Å²) in [4.78, 5) is 25.7. The topological polar surface area (TPSA) is 70.1 Å². The van der Waals surface area contributed by atoms with Crippen molar-refractivity contribution in [3.05, 3.63) is 0 Å². The monoisotopic (exact) mass is 240 g/mol. The minimum Gasteiger partial charge on any atom is -0.479 e. The van der Waals surface area contributed by atoms with Crippen LogP contribution in [0.15, 0.2) is 0 Å². The van der Waals surface area contributed by atoms with Gasteiger partial charge in [0.25, 0.3) is 0 Å². The molecule has 2 amide bonds. The van der Waals surface area contributed by atoms with Crippen LogP contribution in [0.5, 0.6) is 0 Å². The van der Waals surface area contributed by atoms with Crippen LogP contribution in [0.25, 0.3) is 0 Å². The summed E-state index contributed by atoms with van der Waals surface area (Å²) in [5.41, 5.74) is 0. The Kier molecular flexibility index (Phi) is 4.79. The van der Waals surface area contributed by atoms with Gasteiger partial charge in [0.15, 0.2) is 6.10 Å². The maximum Gasteiger partial charge on any atom is 0.334 e. The van der Waals surface area contributed by atoms with Crippen LogP contribution in [0.4, 0.5) is 4.79 Å². The second-order valence-electron chi connectivity index (χ2n) is 3.64. The molecule has 0 aliphatic carbocycles. The number of ether oxygens (including phenoxy) is 1. The van der Waals surface area contributed by atoms with Gasteiger partial charge in [-0.2, -0.15) is 0 Å². The van der Waals surface area contributed by atoms with E-state index in [9.17, 15) is 9.59 Å². The Bertz CT molecular complexity index is 337. The number of rotatable bonds is 3. The standard InChI is InChI=1S/C11H16N2O4/c1-3-5-12(4-2)11(16)13-6-7-17-9(8-13)10(14)15/h1,9H,4-8H2,2H3,(H,14,15). The molecule has 1 rings (SSSR count). The molecule has 1 saturated heterocycles. The largest absolute Gasteiger partial charge is 0.479 e. The Labute approximate surface area is 100 Å². The number of terminal acetylenes is 1. The Morgan fingerprint density at radius 1 is 1.65 bits per heavy atom. The van der Waals surface area contributed by atoms with Crippen LogP contribution in [0.3, 0.4) is 0 Å². The molecule has 1 N–H and O–H groups in total. The second kappa shape index (κ2) is 6.11. The number of carbonyl (C=O) groups excluding carboxylic acids is 1. The van der Waals surface area contributed by atoms with E-state index in [0.717, 1.165) is 0 Å². The summed E-state index contributed by atoms with van der Waals surface area (Å²) in [6.07, 6.45) is 4.22. The zero-order valence-electron chi connectivity index (χ0n) is 9.76. The third-order valence-electron chi connectivity index (χ3n) is 2.55. The molecular formula is C11H16N2O4. The van der Waals surface area contributed by atoms with Crippen molar-refractivity contribution in [2.45, 2.75) is 13.0 Å². The zero-order chi connectivity index (χ0) is 12.8. The number of hydrogen-bond acceptors (Lipinski definition) is 3. The number of nitrogens with zero attached hydrogens (tertiary/aromatic N) is 2. The number of carbonyl (C=O) groups is 2. The molecule has 0 saturated carbocycles. The molecule has 1 atom stereocenters. The van der Waals surface area contributed by atoms with Gasteiger partial charge in [0.05, 0.1) is 19.7 Å². The molecule has 6 nitrogen and oxygen atoms in total. The van der Waals surface area contributed by atoms with Gasteiger partial charge in [-0.3, -0.25) is 0 Å². The molecular weight excluding hydrogens is 224 g/mol. The molecule has 1 unspecified atom stereocenters. The summed E-state index contributed by atoms with van der Waals surface area (Å²) in [7, 11) is 0. The molecule has 1 heterocycles. The summed E-state index contributed by atoms with van der Waals surface area (Å²) in [5.74, 6) is 1.35. The minimum absolute atomic E-state index is 0.0647. The molecule has 17 heavy (non-hydrogen) atoms. The highest BCUT2D eigenvalue weighted by molar-refractivity contribution is 5.77. The molecule has 0 aromatic carbocycles. The molecule has 0 bridgehead atoms. The van der Waals surface area contributed by atoms with Gasteiger partial charge in [-0.25, -0.2) is 9.59 Å². The number of hydrogen-bond donors (Lipinski definition) is 1. The first-order valence-corrected chi connectivity index (χ1v) is 5.41. The number of carboxylic acids is 1. The van der Waals surface area contributed by atoms with E-state index in [0.29, 0.717) is 13.1 Å². The SMILES string of the molecule is C#CCN(CC)C(=O)N1CCOC(C(=O)O)C1. The molecule has 0 spiro atoms. The highest BCUT2D eigenvalue weighted by Gasteiger charge is 2.30. The van der Waals surface area contributed by atoms with Crippen molar-refractivity contribution in [2.75, 3.05) is 32.8 Å². The van der Waals surface area contributed by atoms with E-state index in [1.165, 1.54) is 9.80 Å². The van der Waals surface area contributed by atoms with Gasteiger partial charge in [-0.1, -0.05) is 5.92 Å². The summed E-state index contributed by atoms with van der Waals surface area (Å²) in [6.45, 7) is 3.24. The fraction of sp³-hybridized carbons (Fsp3) is 0.636. The van der Waals surface area contributed by atoms with Gasteiger partial charge in [-0.05, 0) is 6.92 Å². The lowest BCUT2D eigenvalue weighted by atomic mass is 10.3. The average molecular weight is 240 g/mol. The lowest BCUT2D eigenvalue weighted by Crippen LogP contribution is -2.52. The minimum atomic E-state index is -1.05. The molecule has 6 heteroatoms. The molecule has 0 aromatic heterocycles. The third kappa shape index (κ3) is 3.36. The van der Waals surface area contributed by atoms with Crippen LogP contribution in [-0.4, -0.2) is 65.8 Å². The highest BCUT2D eigenvalue weighted by atomic mass is 16.5. The van der Waals surface area contributed by atoms with Crippen LogP contribution < -0.4 is 0 Å². The first kappa shape index (κ1) is 13.3. The number of aliphatic carboxylic acids is 1. The Morgan fingerprint density at radius 2 is 2.35 bits per heavy atom. The molecule has 1 aliphatic heterocycles. The highest BCUT2D eigenvalue weighted by Crippen LogP contribution is 2.08. The van der Waals surface area contributed by atoms with Crippen molar-refractivity contribution in [3.63, 3.8) is 0 Å². The van der Waals surface area contributed by atoms with Crippen LogP contribution in [-0.2, 0) is 9.53 Å². The van der Waals surface area contributed by atoms with Gasteiger partial charge in [0.1, 0.15) is 0 Å². The Morgan fingerprint density at radius 3 is 2.88 bits per heavy atom. The number of amides is 2. The second-order valence-corrected chi connectivity index (χ2v) is 3.64. The Hall–Kier alpha value is -1.74. The zero-order valence-corrected chi connectivity index (χ0v) is 9.76. The van der Waals surface area contributed by atoms with E-state index in [4.69, 9.17) is 16.3 Å². The molecule has 1 aliphatic rings. The summed E-state index contributed by atoms with van der Waals surface area (Å²) >= 11 is 0. The van der Waals surface area contributed by atoms with Crippen LogP contribution in [0.1, 0.15) is 6.92 Å². The van der Waals surface area contributed by atoms with E-state index >= 15 is 0 Å². The van der Waals surface area contributed by atoms with Gasteiger partial charge >= 0.3 is 12.0 Å². The fourth-order valence-corrected chi connectivity index (χ4v) is 1.60. The first-order valence-electron chi connectivity index (χ1n) is 5.41. The summed E-state index contributed by atoms with van der Waals surface area (Å²) in [5, 5.41) is 8.83. The number of morpholine rings is 1. The first-order chi connectivity index (χ1) is 8.10. The number of carboxylic acid groups (broad SMARTS) is 1. The van der Waals surface area contributed by atoms with E-state index in [1.807, 2.05) is 6.92 Å². The lowest BCUT2D eigenvalue weighted by molar-refractivity contribution is -0.154. The molecule has 0 radical (unpaired) electrons. The maximum atomic E-state index is 12.0. The van der Waals surface area contributed by atoms with Gasteiger partial charge in [0.2, 0.25) is 0 Å². The summed E-state index contributed by atoms with van der Waals surface area (Å²) < 4.78 is 5.04. The van der Waals surface area contributed by atoms with E-state index in [1.54, 1.807) is 0 Å². The van der Waals surface area contributed by atoms with E-state index < -0.39 is 12.1 Å². The van der Waals surface area contributed by atoms with Crippen LogP contribution in [0, 0.1) is 12.3 Å². The number of urea groups is 1. The molecule has 0 aromatic rings. The predicted molar refractivity (Wildman–Crippen MR) is 60.4 cm³/mol.